The van der Waals surface area contributed by atoms with Gasteiger partial charge < -0.3 is 15.2 Å². The average molecular weight is 189 g/mol. The van der Waals surface area contributed by atoms with Gasteiger partial charge in [-0.05, 0) is 27.7 Å². The van der Waals surface area contributed by atoms with Crippen LogP contribution in [-0.2, 0) is 14.3 Å². The van der Waals surface area contributed by atoms with Crippen molar-refractivity contribution < 1.29 is 14.3 Å². The fourth-order valence-corrected chi connectivity index (χ4v) is 0.652. The maximum atomic E-state index is 11.2. The van der Waals surface area contributed by atoms with E-state index in [1.165, 1.54) is 0 Å². The highest BCUT2D eigenvalue weighted by Crippen LogP contribution is 2.03. The molecule has 0 amide bonds. The smallest absolute Gasteiger partial charge is 0.325 e. The Morgan fingerprint density at radius 3 is 2.46 bits per heavy atom. The molecule has 0 saturated heterocycles. The molecule has 0 saturated carbocycles. The topological polar surface area (TPSA) is 61.5 Å². The van der Waals surface area contributed by atoms with Crippen molar-refractivity contribution in [3.8, 4) is 0 Å². The first kappa shape index (κ1) is 12.4. The highest BCUT2D eigenvalue weighted by Gasteiger charge is 2.25. The first-order chi connectivity index (χ1) is 5.88. The third kappa shape index (κ3) is 5.60. The molecule has 0 aromatic carbocycles. The minimum Gasteiger partial charge on any atom is -0.459 e. The summed E-state index contributed by atoms with van der Waals surface area (Å²) in [4.78, 5) is 11.2. The van der Waals surface area contributed by atoms with E-state index in [-0.39, 0.29) is 6.10 Å². The Morgan fingerprint density at radius 1 is 1.54 bits per heavy atom. The third-order valence-corrected chi connectivity index (χ3v) is 1.39. The number of carbonyl (C=O) groups excluding carboxylic acids is 1. The predicted molar refractivity (Wildman–Crippen MR) is 50.3 cm³/mol. The van der Waals surface area contributed by atoms with E-state index in [1.807, 2.05) is 6.92 Å². The van der Waals surface area contributed by atoms with Gasteiger partial charge in [-0.3, -0.25) is 4.79 Å². The molecule has 4 heteroatoms. The molecule has 0 radical (unpaired) electrons. The van der Waals surface area contributed by atoms with Crippen LogP contribution in [0.5, 0.6) is 0 Å². The van der Waals surface area contributed by atoms with Gasteiger partial charge in [-0.1, -0.05) is 0 Å². The van der Waals surface area contributed by atoms with E-state index in [1.54, 1.807) is 20.8 Å². The van der Waals surface area contributed by atoms with Crippen molar-refractivity contribution in [2.24, 2.45) is 5.73 Å². The SMILES string of the molecule is CCOCC(C)OC(=O)C(C)(C)N. The van der Waals surface area contributed by atoms with E-state index in [0.717, 1.165) is 0 Å². The largest absolute Gasteiger partial charge is 0.459 e. The normalized spacial score (nSPS) is 13.9. The molecule has 0 aromatic heterocycles. The van der Waals surface area contributed by atoms with E-state index >= 15 is 0 Å². The molecule has 0 aliphatic carbocycles. The molecular formula is C9H19NO3. The summed E-state index contributed by atoms with van der Waals surface area (Å²) < 4.78 is 10.1. The highest BCUT2D eigenvalue weighted by atomic mass is 16.6. The van der Waals surface area contributed by atoms with Crippen LogP contribution >= 0.6 is 0 Å². The number of nitrogens with two attached hydrogens (primary N) is 1. The summed E-state index contributed by atoms with van der Waals surface area (Å²) in [5.74, 6) is -0.403. The second-order valence-corrected chi connectivity index (χ2v) is 3.60. The summed E-state index contributed by atoms with van der Waals surface area (Å²) in [6.07, 6.45) is -0.240. The Hall–Kier alpha value is -0.610. The summed E-state index contributed by atoms with van der Waals surface area (Å²) in [5.41, 5.74) is 4.61. The maximum Gasteiger partial charge on any atom is 0.325 e. The maximum absolute atomic E-state index is 11.2. The molecule has 0 rings (SSSR count). The van der Waals surface area contributed by atoms with Crippen molar-refractivity contribution in [1.82, 2.24) is 0 Å². The molecule has 78 valence electrons. The number of hydrogen-bond acceptors (Lipinski definition) is 4. The fourth-order valence-electron chi connectivity index (χ4n) is 0.652. The molecule has 1 unspecified atom stereocenters. The van der Waals surface area contributed by atoms with E-state index in [9.17, 15) is 4.79 Å². The van der Waals surface area contributed by atoms with Crippen LogP contribution in [0.15, 0.2) is 0 Å². The van der Waals surface area contributed by atoms with Crippen LogP contribution in [0.1, 0.15) is 27.7 Å². The Morgan fingerprint density at radius 2 is 2.08 bits per heavy atom. The summed E-state index contributed by atoms with van der Waals surface area (Å²) >= 11 is 0. The Kier molecular flexibility index (Phi) is 4.95. The lowest BCUT2D eigenvalue weighted by atomic mass is 10.1. The summed E-state index contributed by atoms with van der Waals surface area (Å²) in [7, 11) is 0. The molecule has 4 nitrogen and oxygen atoms in total. The summed E-state index contributed by atoms with van der Waals surface area (Å²) in [6, 6.07) is 0. The van der Waals surface area contributed by atoms with Crippen LogP contribution in [0.25, 0.3) is 0 Å². The van der Waals surface area contributed by atoms with Crippen molar-refractivity contribution in [1.29, 1.82) is 0 Å². The average Bonchev–Trinajstić information content (AvgIpc) is 1.99. The number of hydrogen-bond donors (Lipinski definition) is 1. The van der Waals surface area contributed by atoms with Gasteiger partial charge in [0, 0.05) is 6.61 Å². The molecule has 0 aliphatic heterocycles. The molecular weight excluding hydrogens is 170 g/mol. The molecule has 13 heavy (non-hydrogen) atoms. The molecule has 0 heterocycles. The number of ether oxygens (including phenoxy) is 2. The molecule has 2 N–H and O–H groups in total. The van der Waals surface area contributed by atoms with Gasteiger partial charge in [-0.25, -0.2) is 0 Å². The van der Waals surface area contributed by atoms with Gasteiger partial charge >= 0.3 is 5.97 Å². The second kappa shape index (κ2) is 5.19. The monoisotopic (exact) mass is 189 g/mol. The Bertz CT molecular complexity index is 163. The van der Waals surface area contributed by atoms with Gasteiger partial charge in [-0.2, -0.15) is 0 Å². The molecule has 0 fully saturated rings. The molecule has 0 aliphatic rings. The van der Waals surface area contributed by atoms with Gasteiger partial charge in [0.15, 0.2) is 0 Å². The summed E-state index contributed by atoms with van der Waals surface area (Å²) in [5, 5.41) is 0. The zero-order valence-electron chi connectivity index (χ0n) is 8.79. The standard InChI is InChI=1S/C9H19NO3/c1-5-12-6-7(2)13-8(11)9(3,4)10/h7H,5-6,10H2,1-4H3. The molecule has 0 bridgehead atoms. The summed E-state index contributed by atoms with van der Waals surface area (Å²) in [6.45, 7) is 7.93. The van der Waals surface area contributed by atoms with Crippen LogP contribution in [0.2, 0.25) is 0 Å². The highest BCUT2D eigenvalue weighted by molar-refractivity contribution is 5.79. The lowest BCUT2D eigenvalue weighted by Gasteiger charge is -2.20. The van der Waals surface area contributed by atoms with Gasteiger partial charge in [0.2, 0.25) is 0 Å². The van der Waals surface area contributed by atoms with Crippen LogP contribution < -0.4 is 5.73 Å². The van der Waals surface area contributed by atoms with Gasteiger partial charge in [0.05, 0.1) is 6.61 Å². The van der Waals surface area contributed by atoms with Crippen molar-refractivity contribution >= 4 is 5.97 Å². The van der Waals surface area contributed by atoms with Crippen molar-refractivity contribution in [2.75, 3.05) is 13.2 Å². The first-order valence-corrected chi connectivity index (χ1v) is 4.45. The molecule has 0 aromatic rings. The molecule has 1 atom stereocenters. The minimum atomic E-state index is -0.930. The van der Waals surface area contributed by atoms with Gasteiger partial charge in [0.1, 0.15) is 11.6 Å². The lowest BCUT2D eigenvalue weighted by molar-refractivity contribution is -0.156. The van der Waals surface area contributed by atoms with E-state index in [0.29, 0.717) is 13.2 Å². The van der Waals surface area contributed by atoms with E-state index < -0.39 is 11.5 Å². The van der Waals surface area contributed by atoms with Gasteiger partial charge in [-0.15, -0.1) is 0 Å². The zero-order valence-corrected chi connectivity index (χ0v) is 8.79. The zero-order chi connectivity index (χ0) is 10.5. The minimum absolute atomic E-state index is 0.240. The van der Waals surface area contributed by atoms with Gasteiger partial charge in [0.25, 0.3) is 0 Å². The number of esters is 1. The van der Waals surface area contributed by atoms with Crippen molar-refractivity contribution in [3.05, 3.63) is 0 Å². The Balaban J connectivity index is 3.79. The van der Waals surface area contributed by atoms with E-state index in [2.05, 4.69) is 0 Å². The second-order valence-electron chi connectivity index (χ2n) is 3.60. The lowest BCUT2D eigenvalue weighted by Crippen LogP contribution is -2.44. The van der Waals surface area contributed by atoms with Crippen LogP contribution in [0.3, 0.4) is 0 Å². The quantitative estimate of drug-likeness (QED) is 0.646. The fraction of sp³-hybridized carbons (Fsp3) is 0.889. The van der Waals surface area contributed by atoms with Crippen LogP contribution in [-0.4, -0.2) is 30.8 Å². The van der Waals surface area contributed by atoms with Crippen LogP contribution in [0, 0.1) is 0 Å². The number of rotatable bonds is 5. The number of carbonyl (C=O) groups is 1. The van der Waals surface area contributed by atoms with Crippen molar-refractivity contribution in [3.63, 3.8) is 0 Å². The van der Waals surface area contributed by atoms with Crippen molar-refractivity contribution in [2.45, 2.75) is 39.3 Å². The van der Waals surface area contributed by atoms with Crippen LogP contribution in [0.4, 0.5) is 0 Å². The molecule has 0 spiro atoms. The third-order valence-electron chi connectivity index (χ3n) is 1.39. The predicted octanol–water partition coefficient (Wildman–Crippen LogP) is 0.692. The Labute approximate surface area is 79.4 Å². The first-order valence-electron chi connectivity index (χ1n) is 4.45. The van der Waals surface area contributed by atoms with E-state index in [4.69, 9.17) is 15.2 Å².